The molecule has 0 bridgehead atoms. The largest absolute Gasteiger partial charge is 0.315 e. The van der Waals surface area contributed by atoms with E-state index in [1.165, 1.54) is 18.4 Å². The molecule has 0 radical (unpaired) electrons. The monoisotopic (exact) mass is 197 g/mol. The highest BCUT2D eigenvalue weighted by atomic mass is 14.9. The molecule has 1 heteroatoms. The molecule has 1 nitrogen and oxygen atoms in total. The van der Waals surface area contributed by atoms with Gasteiger partial charge in [0, 0.05) is 6.04 Å². The minimum Gasteiger partial charge on any atom is -0.315 e. The lowest BCUT2D eigenvalue weighted by molar-refractivity contribution is 0.298. The van der Waals surface area contributed by atoms with Crippen LogP contribution in [0, 0.1) is 5.41 Å². The van der Waals surface area contributed by atoms with E-state index >= 15 is 0 Å². The molecule has 0 aromatic carbocycles. The van der Waals surface area contributed by atoms with E-state index in [1.54, 1.807) is 0 Å². The van der Waals surface area contributed by atoms with E-state index in [0.717, 1.165) is 13.0 Å². The molecule has 0 saturated heterocycles. The lowest BCUT2D eigenvalue weighted by Crippen LogP contribution is -2.27. The third-order valence-corrected chi connectivity index (χ3v) is 2.58. The number of allylic oxidation sites excluding steroid dienone is 1. The van der Waals surface area contributed by atoms with Crippen LogP contribution in [0.1, 0.15) is 53.9 Å². The quantitative estimate of drug-likeness (QED) is 0.613. The second-order valence-electron chi connectivity index (χ2n) is 5.48. The zero-order valence-electron chi connectivity index (χ0n) is 10.6. The first-order valence-corrected chi connectivity index (χ1v) is 5.71. The normalized spacial score (nSPS) is 12.1. The fraction of sp³-hybridized carbons (Fsp3) is 0.846. The van der Waals surface area contributed by atoms with E-state index < -0.39 is 0 Å². The van der Waals surface area contributed by atoms with Gasteiger partial charge >= 0.3 is 0 Å². The zero-order chi connectivity index (χ0) is 11.2. The number of nitrogens with one attached hydrogen (secondary N) is 1. The molecule has 84 valence electrons. The molecule has 0 aliphatic rings. The topological polar surface area (TPSA) is 12.0 Å². The Labute approximate surface area is 90.0 Å². The maximum Gasteiger partial charge on any atom is 0.00103 e. The predicted molar refractivity (Wildman–Crippen MR) is 65.6 cm³/mol. The summed E-state index contributed by atoms with van der Waals surface area (Å²) < 4.78 is 0. The molecule has 1 N–H and O–H groups in total. The number of hydrogen-bond acceptors (Lipinski definition) is 1. The molecule has 0 atom stereocenters. The average molecular weight is 197 g/mol. The Kier molecular flexibility index (Phi) is 6.10. The molecule has 14 heavy (non-hydrogen) atoms. The molecule has 0 spiro atoms. The van der Waals surface area contributed by atoms with Gasteiger partial charge in [-0.15, -0.1) is 6.58 Å². The van der Waals surface area contributed by atoms with Gasteiger partial charge < -0.3 is 5.32 Å². The van der Waals surface area contributed by atoms with Crippen molar-refractivity contribution in [1.29, 1.82) is 0 Å². The summed E-state index contributed by atoms with van der Waals surface area (Å²) >= 11 is 0. The molecule has 0 aromatic rings. The van der Waals surface area contributed by atoms with Gasteiger partial charge in [-0.3, -0.25) is 0 Å². The number of rotatable bonds is 7. The van der Waals surface area contributed by atoms with Crippen LogP contribution < -0.4 is 5.32 Å². The van der Waals surface area contributed by atoms with E-state index in [1.807, 2.05) is 0 Å². The van der Waals surface area contributed by atoms with Gasteiger partial charge in [0.2, 0.25) is 0 Å². The molecule has 0 aromatic heterocycles. The minimum absolute atomic E-state index is 0.445. The van der Waals surface area contributed by atoms with Crippen molar-refractivity contribution in [2.75, 3.05) is 6.54 Å². The Hall–Kier alpha value is -0.300. The summed E-state index contributed by atoms with van der Waals surface area (Å²) in [7, 11) is 0. The van der Waals surface area contributed by atoms with Gasteiger partial charge in [-0.2, -0.15) is 0 Å². The first-order chi connectivity index (χ1) is 6.33. The summed E-state index contributed by atoms with van der Waals surface area (Å²) in [5.41, 5.74) is 1.75. The van der Waals surface area contributed by atoms with Crippen molar-refractivity contribution in [2.24, 2.45) is 5.41 Å². The van der Waals surface area contributed by atoms with Crippen molar-refractivity contribution in [3.05, 3.63) is 12.2 Å². The highest BCUT2D eigenvalue weighted by Crippen LogP contribution is 2.27. The highest BCUT2D eigenvalue weighted by Gasteiger charge is 2.16. The highest BCUT2D eigenvalue weighted by molar-refractivity contribution is 4.89. The van der Waals surface area contributed by atoms with Gasteiger partial charge in [-0.05, 0) is 38.1 Å². The van der Waals surface area contributed by atoms with Gasteiger partial charge in [0.1, 0.15) is 0 Å². The molecular formula is C13H27N. The van der Waals surface area contributed by atoms with Crippen LogP contribution in [0.3, 0.4) is 0 Å². The van der Waals surface area contributed by atoms with Crippen LogP contribution in [0.4, 0.5) is 0 Å². The summed E-state index contributed by atoms with van der Waals surface area (Å²) in [5, 5.41) is 3.47. The van der Waals surface area contributed by atoms with Crippen molar-refractivity contribution in [1.82, 2.24) is 5.32 Å². The van der Waals surface area contributed by atoms with Crippen LogP contribution in [-0.2, 0) is 0 Å². The van der Waals surface area contributed by atoms with E-state index in [0.29, 0.717) is 11.5 Å². The Morgan fingerprint density at radius 1 is 1.29 bits per heavy atom. The first-order valence-electron chi connectivity index (χ1n) is 5.71. The summed E-state index contributed by atoms with van der Waals surface area (Å²) in [6, 6.07) is 0.604. The van der Waals surface area contributed by atoms with Crippen LogP contribution in [-0.4, -0.2) is 12.6 Å². The van der Waals surface area contributed by atoms with Crippen LogP contribution in [0.5, 0.6) is 0 Å². The Balaban J connectivity index is 3.66. The fourth-order valence-electron chi connectivity index (χ4n) is 1.38. The molecular weight excluding hydrogens is 170 g/mol. The lowest BCUT2D eigenvalue weighted by atomic mass is 9.83. The van der Waals surface area contributed by atoms with Crippen LogP contribution in [0.2, 0.25) is 0 Å². The molecule has 0 amide bonds. The van der Waals surface area contributed by atoms with E-state index in [2.05, 4.69) is 46.5 Å². The summed E-state index contributed by atoms with van der Waals surface area (Å²) in [4.78, 5) is 0. The van der Waals surface area contributed by atoms with Crippen molar-refractivity contribution < 1.29 is 0 Å². The molecule has 0 aliphatic heterocycles. The maximum atomic E-state index is 3.95. The SMILES string of the molecule is C=C(C)CCC(C)(C)CCNC(C)C. The Bertz CT molecular complexity index is 168. The molecule has 0 heterocycles. The fourth-order valence-corrected chi connectivity index (χ4v) is 1.38. The Morgan fingerprint density at radius 2 is 1.86 bits per heavy atom. The van der Waals surface area contributed by atoms with Crippen LogP contribution >= 0.6 is 0 Å². The van der Waals surface area contributed by atoms with Crippen molar-refractivity contribution in [3.8, 4) is 0 Å². The minimum atomic E-state index is 0.445. The van der Waals surface area contributed by atoms with Crippen LogP contribution in [0.15, 0.2) is 12.2 Å². The smallest absolute Gasteiger partial charge is 0.00103 e. The zero-order valence-corrected chi connectivity index (χ0v) is 10.6. The van der Waals surface area contributed by atoms with Gasteiger partial charge in [-0.25, -0.2) is 0 Å². The van der Waals surface area contributed by atoms with E-state index in [4.69, 9.17) is 0 Å². The third-order valence-electron chi connectivity index (χ3n) is 2.58. The lowest BCUT2D eigenvalue weighted by Gasteiger charge is -2.25. The molecule has 0 aliphatic carbocycles. The van der Waals surface area contributed by atoms with Gasteiger partial charge in [0.25, 0.3) is 0 Å². The van der Waals surface area contributed by atoms with Crippen molar-refractivity contribution in [2.45, 2.75) is 59.9 Å². The summed E-state index contributed by atoms with van der Waals surface area (Å²) in [6.07, 6.45) is 3.66. The molecule has 0 rings (SSSR count). The van der Waals surface area contributed by atoms with Crippen molar-refractivity contribution in [3.63, 3.8) is 0 Å². The first kappa shape index (κ1) is 13.7. The van der Waals surface area contributed by atoms with E-state index in [-0.39, 0.29) is 0 Å². The molecule has 0 unspecified atom stereocenters. The van der Waals surface area contributed by atoms with Gasteiger partial charge in [0.05, 0.1) is 0 Å². The standard InChI is InChI=1S/C13H27N/c1-11(2)7-8-13(5,6)9-10-14-12(3)4/h12,14H,1,7-10H2,2-6H3. The van der Waals surface area contributed by atoms with E-state index in [9.17, 15) is 0 Å². The second kappa shape index (κ2) is 6.23. The number of hydrogen-bond donors (Lipinski definition) is 1. The predicted octanol–water partition coefficient (Wildman–Crippen LogP) is 3.76. The van der Waals surface area contributed by atoms with Crippen molar-refractivity contribution >= 4 is 0 Å². The molecule has 0 saturated carbocycles. The van der Waals surface area contributed by atoms with Gasteiger partial charge in [-0.1, -0.05) is 33.3 Å². The summed E-state index contributed by atoms with van der Waals surface area (Å²) in [5.74, 6) is 0. The van der Waals surface area contributed by atoms with Gasteiger partial charge in [0.15, 0.2) is 0 Å². The molecule has 0 fully saturated rings. The Morgan fingerprint density at radius 3 is 2.29 bits per heavy atom. The third kappa shape index (κ3) is 8.31. The summed E-state index contributed by atoms with van der Waals surface area (Å²) in [6.45, 7) is 16.3. The maximum absolute atomic E-state index is 3.95. The van der Waals surface area contributed by atoms with Crippen LogP contribution in [0.25, 0.3) is 0 Å². The average Bonchev–Trinajstić information content (AvgIpc) is 2.00. The second-order valence-corrected chi connectivity index (χ2v) is 5.48.